The maximum atomic E-state index is 13.5. The summed E-state index contributed by atoms with van der Waals surface area (Å²) in [5.41, 5.74) is 2.59. The lowest BCUT2D eigenvalue weighted by atomic mass is 9.88. The van der Waals surface area contributed by atoms with Crippen molar-refractivity contribution >= 4 is 22.7 Å². The van der Waals surface area contributed by atoms with Crippen LogP contribution >= 0.6 is 0 Å². The largest absolute Gasteiger partial charge is 0.342 e. The van der Waals surface area contributed by atoms with Crippen molar-refractivity contribution < 1.29 is 9.59 Å². The predicted octanol–water partition coefficient (Wildman–Crippen LogP) is 3.52. The van der Waals surface area contributed by atoms with Gasteiger partial charge in [-0.1, -0.05) is 37.5 Å². The number of aromatic nitrogens is 1. The van der Waals surface area contributed by atoms with Crippen molar-refractivity contribution in [1.29, 1.82) is 0 Å². The first-order chi connectivity index (χ1) is 15.6. The molecule has 32 heavy (non-hydrogen) atoms. The average molecular weight is 435 g/mol. The number of carbonyl (C=O) groups excluding carboxylic acids is 2. The Morgan fingerprint density at radius 3 is 2.44 bits per heavy atom. The summed E-state index contributed by atoms with van der Waals surface area (Å²) in [6.07, 6.45) is 6.62. The van der Waals surface area contributed by atoms with Gasteiger partial charge in [0.2, 0.25) is 5.91 Å². The van der Waals surface area contributed by atoms with Gasteiger partial charge in [-0.05, 0) is 38.4 Å². The summed E-state index contributed by atoms with van der Waals surface area (Å²) < 4.78 is 0. The van der Waals surface area contributed by atoms with E-state index in [2.05, 4.69) is 16.8 Å². The highest BCUT2D eigenvalue weighted by molar-refractivity contribution is 6.06. The number of piperazine rings is 1. The molecule has 1 aromatic carbocycles. The lowest BCUT2D eigenvalue weighted by Crippen LogP contribution is -2.47. The molecule has 1 aliphatic carbocycles. The summed E-state index contributed by atoms with van der Waals surface area (Å²) in [6.45, 7) is 4.85. The second kappa shape index (κ2) is 9.18. The molecule has 2 amide bonds. The van der Waals surface area contributed by atoms with Crippen LogP contribution < -0.4 is 0 Å². The van der Waals surface area contributed by atoms with E-state index in [4.69, 9.17) is 4.98 Å². The highest BCUT2D eigenvalue weighted by Crippen LogP contribution is 2.33. The van der Waals surface area contributed by atoms with Gasteiger partial charge in [0.25, 0.3) is 5.91 Å². The van der Waals surface area contributed by atoms with Crippen LogP contribution in [0.2, 0.25) is 0 Å². The first-order valence-electron chi connectivity index (χ1n) is 12.3. The molecule has 6 heteroatoms. The molecule has 3 fully saturated rings. The van der Waals surface area contributed by atoms with Crippen molar-refractivity contribution in [3.05, 3.63) is 41.6 Å². The van der Waals surface area contributed by atoms with E-state index >= 15 is 0 Å². The summed E-state index contributed by atoms with van der Waals surface area (Å²) in [5, 5.41) is 0.924. The average Bonchev–Trinajstić information content (AvgIpc) is 3.34. The third kappa shape index (κ3) is 4.25. The molecule has 2 aliphatic heterocycles. The number of amides is 2. The van der Waals surface area contributed by atoms with E-state index in [-0.39, 0.29) is 17.7 Å². The normalized spacial score (nSPS) is 23.1. The third-order valence-corrected chi connectivity index (χ3v) is 7.63. The van der Waals surface area contributed by atoms with Gasteiger partial charge in [-0.15, -0.1) is 0 Å². The molecule has 2 aromatic rings. The predicted molar refractivity (Wildman–Crippen MR) is 126 cm³/mol. The minimum absolute atomic E-state index is 0.103. The molecule has 3 heterocycles. The van der Waals surface area contributed by atoms with E-state index in [1.54, 1.807) is 0 Å². The highest BCUT2D eigenvalue weighted by atomic mass is 16.2. The fourth-order valence-electron chi connectivity index (χ4n) is 5.57. The smallest absolute Gasteiger partial charge is 0.254 e. The number of pyridine rings is 1. The molecular weight excluding hydrogens is 400 g/mol. The molecule has 1 aromatic heterocycles. The van der Waals surface area contributed by atoms with Gasteiger partial charge in [0.15, 0.2) is 0 Å². The standard InChI is InChI=1S/C26H34N4O2/c1-28-13-15-29(16-14-28)26(32)22-17-24(27-23-10-6-5-9-21(22)23)20-11-12-30(18-20)25(31)19-7-3-2-4-8-19/h5-6,9-10,17,19-20H,2-4,7-8,11-16,18H2,1H3. The van der Waals surface area contributed by atoms with Crippen LogP contribution in [0.1, 0.15) is 60.5 Å². The monoisotopic (exact) mass is 434 g/mol. The molecule has 1 unspecified atom stereocenters. The van der Waals surface area contributed by atoms with Crippen molar-refractivity contribution in [2.45, 2.75) is 44.4 Å². The number of likely N-dealkylation sites (N-methyl/N-ethyl adjacent to an activating group) is 1. The molecule has 3 aliphatic rings. The SMILES string of the molecule is CN1CCN(C(=O)c2cc(C3CCN(C(=O)C4CCCCC4)C3)nc3ccccc23)CC1. The number of likely N-dealkylation sites (tertiary alicyclic amines) is 1. The Morgan fingerprint density at radius 1 is 0.906 bits per heavy atom. The van der Waals surface area contributed by atoms with Crippen LogP contribution in [0, 0.1) is 5.92 Å². The molecule has 5 rings (SSSR count). The van der Waals surface area contributed by atoms with E-state index in [9.17, 15) is 9.59 Å². The van der Waals surface area contributed by atoms with E-state index in [0.717, 1.165) is 80.7 Å². The minimum Gasteiger partial charge on any atom is -0.342 e. The van der Waals surface area contributed by atoms with Crippen LogP contribution in [0.15, 0.2) is 30.3 Å². The van der Waals surface area contributed by atoms with E-state index < -0.39 is 0 Å². The maximum absolute atomic E-state index is 13.5. The molecule has 1 atom stereocenters. The van der Waals surface area contributed by atoms with E-state index in [1.165, 1.54) is 19.3 Å². The number of hydrogen-bond acceptors (Lipinski definition) is 4. The van der Waals surface area contributed by atoms with E-state index in [0.29, 0.717) is 5.91 Å². The minimum atomic E-state index is 0.103. The van der Waals surface area contributed by atoms with Crippen LogP contribution in [0.3, 0.4) is 0 Å². The highest BCUT2D eigenvalue weighted by Gasteiger charge is 2.33. The first kappa shape index (κ1) is 21.4. The molecular formula is C26H34N4O2. The van der Waals surface area contributed by atoms with Gasteiger partial charge in [-0.2, -0.15) is 0 Å². The molecule has 1 saturated carbocycles. The second-order valence-corrected chi connectivity index (χ2v) is 9.81. The van der Waals surface area contributed by atoms with Crippen LogP contribution in [0.4, 0.5) is 0 Å². The molecule has 0 spiro atoms. The quantitative estimate of drug-likeness (QED) is 0.742. The van der Waals surface area contributed by atoms with Crippen LogP contribution in [0.25, 0.3) is 10.9 Å². The summed E-state index contributed by atoms with van der Waals surface area (Å²) in [7, 11) is 2.10. The zero-order valence-electron chi connectivity index (χ0n) is 19.1. The van der Waals surface area contributed by atoms with E-state index in [1.807, 2.05) is 35.2 Å². The zero-order valence-corrected chi connectivity index (χ0v) is 19.1. The Hall–Kier alpha value is -2.47. The Labute approximate surface area is 190 Å². The van der Waals surface area contributed by atoms with Gasteiger partial charge in [-0.25, -0.2) is 0 Å². The molecule has 0 N–H and O–H groups in total. The van der Waals surface area contributed by atoms with Gasteiger partial charge in [0.05, 0.1) is 11.1 Å². The Balaban J connectivity index is 1.39. The Bertz CT molecular complexity index is 992. The Morgan fingerprint density at radius 2 is 1.66 bits per heavy atom. The van der Waals surface area contributed by atoms with Crippen molar-refractivity contribution in [3.63, 3.8) is 0 Å². The summed E-state index contributed by atoms with van der Waals surface area (Å²) in [5.74, 6) is 0.848. The lowest BCUT2D eigenvalue weighted by molar-refractivity contribution is -0.135. The zero-order chi connectivity index (χ0) is 22.1. The molecule has 0 bridgehead atoms. The second-order valence-electron chi connectivity index (χ2n) is 9.81. The van der Waals surface area contributed by atoms with Crippen molar-refractivity contribution in [2.75, 3.05) is 46.3 Å². The molecule has 6 nitrogen and oxygen atoms in total. The molecule has 170 valence electrons. The van der Waals surface area contributed by atoms with Gasteiger partial charge in [0.1, 0.15) is 0 Å². The third-order valence-electron chi connectivity index (χ3n) is 7.63. The van der Waals surface area contributed by atoms with Crippen LogP contribution in [-0.2, 0) is 4.79 Å². The summed E-state index contributed by atoms with van der Waals surface area (Å²) >= 11 is 0. The van der Waals surface area contributed by atoms with Crippen LogP contribution in [-0.4, -0.2) is 77.8 Å². The van der Waals surface area contributed by atoms with Gasteiger partial charge < -0.3 is 14.7 Å². The van der Waals surface area contributed by atoms with Crippen molar-refractivity contribution in [1.82, 2.24) is 19.7 Å². The Kier molecular flexibility index (Phi) is 6.13. The number of para-hydroxylation sites is 1. The molecule has 0 radical (unpaired) electrons. The van der Waals surface area contributed by atoms with Crippen LogP contribution in [0.5, 0.6) is 0 Å². The van der Waals surface area contributed by atoms with Crippen molar-refractivity contribution in [3.8, 4) is 0 Å². The fourth-order valence-corrected chi connectivity index (χ4v) is 5.57. The lowest BCUT2D eigenvalue weighted by Gasteiger charge is -2.32. The summed E-state index contributed by atoms with van der Waals surface area (Å²) in [4.78, 5) is 37.8. The number of rotatable bonds is 3. The maximum Gasteiger partial charge on any atom is 0.254 e. The topological polar surface area (TPSA) is 56.8 Å². The fraction of sp³-hybridized carbons (Fsp3) is 0.577. The van der Waals surface area contributed by atoms with Gasteiger partial charge >= 0.3 is 0 Å². The number of fused-ring (bicyclic) bond motifs is 1. The van der Waals surface area contributed by atoms with Gasteiger partial charge in [-0.3, -0.25) is 14.6 Å². The number of carbonyl (C=O) groups is 2. The summed E-state index contributed by atoms with van der Waals surface area (Å²) in [6, 6.07) is 9.98. The first-order valence-corrected chi connectivity index (χ1v) is 12.3. The molecule has 2 saturated heterocycles. The van der Waals surface area contributed by atoms with Crippen molar-refractivity contribution in [2.24, 2.45) is 5.92 Å². The number of hydrogen-bond donors (Lipinski definition) is 0. The van der Waals surface area contributed by atoms with Gasteiger partial charge in [0, 0.05) is 62.2 Å². The number of nitrogens with zero attached hydrogens (tertiary/aromatic N) is 4. The number of benzene rings is 1.